The van der Waals surface area contributed by atoms with Gasteiger partial charge in [-0.25, -0.2) is 12.7 Å². The van der Waals surface area contributed by atoms with Crippen molar-refractivity contribution in [2.75, 3.05) is 27.2 Å². The van der Waals surface area contributed by atoms with Crippen molar-refractivity contribution in [3.63, 3.8) is 0 Å². The van der Waals surface area contributed by atoms with Crippen LogP contribution < -0.4 is 0 Å². The topological polar surface area (TPSA) is 57.7 Å². The monoisotopic (exact) mass is 324 g/mol. The average Bonchev–Trinajstić information content (AvgIpc) is 2.46. The zero-order valence-electron chi connectivity index (χ0n) is 13.7. The van der Waals surface area contributed by atoms with Gasteiger partial charge >= 0.3 is 0 Å². The molecule has 5 nitrogen and oxygen atoms in total. The molecule has 0 atom stereocenters. The second-order valence-electron chi connectivity index (χ2n) is 6.77. The van der Waals surface area contributed by atoms with Crippen LogP contribution in [0.1, 0.15) is 37.0 Å². The summed E-state index contributed by atoms with van der Waals surface area (Å²) in [6.45, 7) is 5.94. The Bertz CT molecular complexity index is 638. The number of carbonyl (C=O) groups is 1. The van der Waals surface area contributed by atoms with Gasteiger partial charge < -0.3 is 4.90 Å². The van der Waals surface area contributed by atoms with Crippen molar-refractivity contribution < 1.29 is 13.2 Å². The van der Waals surface area contributed by atoms with E-state index in [2.05, 4.69) is 13.8 Å². The molecule has 0 aliphatic carbocycles. The lowest BCUT2D eigenvalue weighted by atomic mass is 9.82. The molecule has 1 fully saturated rings. The Balaban J connectivity index is 2.13. The summed E-state index contributed by atoms with van der Waals surface area (Å²) in [4.78, 5) is 14.5. The predicted molar refractivity (Wildman–Crippen MR) is 86.2 cm³/mol. The molecule has 1 aliphatic rings. The highest BCUT2D eigenvalue weighted by molar-refractivity contribution is 7.89. The van der Waals surface area contributed by atoms with Gasteiger partial charge in [-0.2, -0.15) is 0 Å². The number of hydrogen-bond donors (Lipinski definition) is 0. The first kappa shape index (κ1) is 17.0. The lowest BCUT2D eigenvalue weighted by molar-refractivity contribution is 0.0630. The smallest absolute Gasteiger partial charge is 0.253 e. The zero-order valence-corrected chi connectivity index (χ0v) is 14.5. The molecule has 1 aromatic rings. The zero-order chi connectivity index (χ0) is 16.5. The van der Waals surface area contributed by atoms with E-state index in [4.69, 9.17) is 0 Å². The van der Waals surface area contributed by atoms with E-state index in [-0.39, 0.29) is 10.8 Å². The van der Waals surface area contributed by atoms with Crippen molar-refractivity contribution in [3.8, 4) is 0 Å². The molecule has 0 aromatic heterocycles. The molecular weight excluding hydrogens is 300 g/mol. The summed E-state index contributed by atoms with van der Waals surface area (Å²) < 4.78 is 25.2. The third-order valence-electron chi connectivity index (χ3n) is 4.28. The molecule has 1 aromatic carbocycles. The quantitative estimate of drug-likeness (QED) is 0.856. The molecule has 0 unspecified atom stereocenters. The maximum atomic E-state index is 12.5. The number of likely N-dealkylation sites (tertiary alicyclic amines) is 1. The van der Waals surface area contributed by atoms with Gasteiger partial charge in [0.2, 0.25) is 10.0 Å². The number of piperidine rings is 1. The summed E-state index contributed by atoms with van der Waals surface area (Å²) >= 11 is 0. The van der Waals surface area contributed by atoms with Crippen molar-refractivity contribution in [3.05, 3.63) is 29.8 Å². The molecule has 22 heavy (non-hydrogen) atoms. The van der Waals surface area contributed by atoms with Crippen LogP contribution in [0.2, 0.25) is 0 Å². The number of nitrogens with zero attached hydrogens (tertiary/aromatic N) is 2. The normalized spacial score (nSPS) is 18.5. The van der Waals surface area contributed by atoms with E-state index in [1.165, 1.54) is 26.2 Å². The van der Waals surface area contributed by atoms with Gasteiger partial charge in [-0.05, 0) is 42.5 Å². The lowest BCUT2D eigenvalue weighted by Crippen LogP contribution is -2.41. The molecule has 0 spiro atoms. The molecule has 0 bridgehead atoms. The second-order valence-corrected chi connectivity index (χ2v) is 8.92. The Hall–Kier alpha value is -1.40. The Morgan fingerprint density at radius 1 is 1.09 bits per heavy atom. The van der Waals surface area contributed by atoms with Gasteiger partial charge in [0.25, 0.3) is 5.91 Å². The van der Waals surface area contributed by atoms with E-state index in [0.717, 1.165) is 30.2 Å². The minimum Gasteiger partial charge on any atom is -0.339 e. The summed E-state index contributed by atoms with van der Waals surface area (Å²) in [5.74, 6) is -0.0238. The number of sulfonamides is 1. The minimum absolute atomic E-state index is 0.0238. The predicted octanol–water partition coefficient (Wildman–Crippen LogP) is 2.20. The van der Waals surface area contributed by atoms with Crippen molar-refractivity contribution in [1.82, 2.24) is 9.21 Å². The molecule has 1 saturated heterocycles. The van der Waals surface area contributed by atoms with E-state index in [1.807, 2.05) is 4.90 Å². The molecule has 1 amide bonds. The van der Waals surface area contributed by atoms with Crippen LogP contribution in [0.3, 0.4) is 0 Å². The van der Waals surface area contributed by atoms with Crippen LogP contribution in [-0.2, 0) is 10.0 Å². The van der Waals surface area contributed by atoms with Crippen molar-refractivity contribution in [1.29, 1.82) is 0 Å². The van der Waals surface area contributed by atoms with Gasteiger partial charge in [0.15, 0.2) is 0 Å². The van der Waals surface area contributed by atoms with Gasteiger partial charge in [-0.15, -0.1) is 0 Å². The van der Waals surface area contributed by atoms with Crippen molar-refractivity contribution in [2.24, 2.45) is 5.41 Å². The standard InChI is InChI=1S/C16H24N2O3S/c1-16(2)9-11-18(12-10-16)15(19)13-5-7-14(8-6-13)22(20,21)17(3)4/h5-8H,9-12H2,1-4H3. The molecule has 1 heterocycles. The molecule has 0 radical (unpaired) electrons. The third kappa shape index (κ3) is 3.50. The van der Waals surface area contributed by atoms with Gasteiger partial charge in [0.1, 0.15) is 0 Å². The van der Waals surface area contributed by atoms with Crippen LogP contribution in [0.4, 0.5) is 0 Å². The average molecular weight is 324 g/mol. The molecule has 122 valence electrons. The Kier molecular flexibility index (Phi) is 4.63. The Morgan fingerprint density at radius 2 is 1.59 bits per heavy atom. The SMILES string of the molecule is CN(C)S(=O)(=O)c1ccc(C(=O)N2CCC(C)(C)CC2)cc1. The molecule has 6 heteroatoms. The van der Waals surface area contributed by atoms with Gasteiger partial charge in [0, 0.05) is 32.7 Å². The van der Waals surface area contributed by atoms with E-state index in [1.54, 1.807) is 12.1 Å². The van der Waals surface area contributed by atoms with E-state index >= 15 is 0 Å². The van der Waals surface area contributed by atoms with Gasteiger partial charge in [-0.3, -0.25) is 4.79 Å². The Labute approximate surface area is 133 Å². The van der Waals surface area contributed by atoms with E-state index in [0.29, 0.717) is 11.0 Å². The molecule has 0 saturated carbocycles. The molecule has 1 aliphatic heterocycles. The van der Waals surface area contributed by atoms with Crippen LogP contribution in [0, 0.1) is 5.41 Å². The van der Waals surface area contributed by atoms with Crippen LogP contribution in [-0.4, -0.2) is 50.7 Å². The van der Waals surface area contributed by atoms with E-state index in [9.17, 15) is 13.2 Å². The first-order valence-electron chi connectivity index (χ1n) is 7.45. The molecular formula is C16H24N2O3S. The first-order valence-corrected chi connectivity index (χ1v) is 8.89. The largest absolute Gasteiger partial charge is 0.339 e. The second kappa shape index (κ2) is 6.01. The fourth-order valence-corrected chi connectivity index (χ4v) is 3.38. The number of hydrogen-bond acceptors (Lipinski definition) is 3. The summed E-state index contributed by atoms with van der Waals surface area (Å²) in [6, 6.07) is 6.18. The third-order valence-corrected chi connectivity index (χ3v) is 6.11. The van der Waals surface area contributed by atoms with Crippen LogP contribution in [0.5, 0.6) is 0 Å². The Morgan fingerprint density at radius 3 is 2.05 bits per heavy atom. The van der Waals surface area contributed by atoms with Crippen LogP contribution >= 0.6 is 0 Å². The number of rotatable bonds is 3. The van der Waals surface area contributed by atoms with Gasteiger partial charge in [0.05, 0.1) is 4.90 Å². The molecule has 2 rings (SSSR count). The lowest BCUT2D eigenvalue weighted by Gasteiger charge is -2.37. The summed E-state index contributed by atoms with van der Waals surface area (Å²) in [5.41, 5.74) is 0.831. The highest BCUT2D eigenvalue weighted by atomic mass is 32.2. The maximum Gasteiger partial charge on any atom is 0.253 e. The van der Waals surface area contributed by atoms with Gasteiger partial charge in [-0.1, -0.05) is 13.8 Å². The number of benzene rings is 1. The summed E-state index contributed by atoms with van der Waals surface area (Å²) in [7, 11) is -0.471. The summed E-state index contributed by atoms with van der Waals surface area (Å²) in [6.07, 6.45) is 1.98. The fraction of sp³-hybridized carbons (Fsp3) is 0.562. The summed E-state index contributed by atoms with van der Waals surface area (Å²) in [5, 5.41) is 0. The highest BCUT2D eigenvalue weighted by Gasteiger charge is 2.28. The highest BCUT2D eigenvalue weighted by Crippen LogP contribution is 2.30. The number of amides is 1. The maximum absolute atomic E-state index is 12.5. The van der Waals surface area contributed by atoms with E-state index < -0.39 is 10.0 Å². The minimum atomic E-state index is -3.45. The van der Waals surface area contributed by atoms with Crippen molar-refractivity contribution in [2.45, 2.75) is 31.6 Å². The van der Waals surface area contributed by atoms with Crippen LogP contribution in [0.15, 0.2) is 29.2 Å². The number of carbonyl (C=O) groups excluding carboxylic acids is 1. The molecule has 0 N–H and O–H groups in total. The first-order chi connectivity index (χ1) is 10.1. The van der Waals surface area contributed by atoms with Crippen molar-refractivity contribution >= 4 is 15.9 Å². The fourth-order valence-electron chi connectivity index (χ4n) is 2.48. The van der Waals surface area contributed by atoms with Crippen LogP contribution in [0.25, 0.3) is 0 Å².